The average molecular weight is 354 g/mol. The number of benzene rings is 1. The summed E-state index contributed by atoms with van der Waals surface area (Å²) in [4.78, 5) is 39.0. The van der Waals surface area contributed by atoms with E-state index in [1.165, 1.54) is 10.5 Å². The maximum absolute atomic E-state index is 12.8. The lowest BCUT2D eigenvalue weighted by Gasteiger charge is -2.30. The SMILES string of the molecule is O=C(CN1C(=O)CC2(CCCCC2)C1=O)NC1CCCc2ccccc21. The molecule has 5 nitrogen and oxygen atoms in total. The molecule has 0 aromatic heterocycles. The van der Waals surface area contributed by atoms with Crippen molar-refractivity contribution in [3.8, 4) is 0 Å². The van der Waals surface area contributed by atoms with E-state index in [9.17, 15) is 14.4 Å². The van der Waals surface area contributed by atoms with E-state index in [0.29, 0.717) is 0 Å². The summed E-state index contributed by atoms with van der Waals surface area (Å²) in [5.74, 6) is -0.543. The molecule has 2 fully saturated rings. The van der Waals surface area contributed by atoms with E-state index >= 15 is 0 Å². The van der Waals surface area contributed by atoms with Gasteiger partial charge in [-0.15, -0.1) is 0 Å². The highest BCUT2D eigenvalue weighted by molar-refractivity contribution is 6.08. The van der Waals surface area contributed by atoms with Crippen molar-refractivity contribution in [3.05, 3.63) is 35.4 Å². The fraction of sp³-hybridized carbons (Fsp3) is 0.571. The molecule has 1 saturated carbocycles. The summed E-state index contributed by atoms with van der Waals surface area (Å²) >= 11 is 0. The normalized spacial score (nSPS) is 24.6. The molecule has 1 unspecified atom stereocenters. The van der Waals surface area contributed by atoms with Gasteiger partial charge < -0.3 is 5.32 Å². The number of fused-ring (bicyclic) bond motifs is 1. The Morgan fingerprint density at radius 3 is 2.69 bits per heavy atom. The highest BCUT2D eigenvalue weighted by Gasteiger charge is 2.51. The number of carbonyl (C=O) groups is 3. The Bertz CT molecular complexity index is 737. The quantitative estimate of drug-likeness (QED) is 0.849. The molecule has 26 heavy (non-hydrogen) atoms. The topological polar surface area (TPSA) is 66.5 Å². The molecule has 4 rings (SSSR count). The number of hydrogen-bond donors (Lipinski definition) is 1. The first-order chi connectivity index (χ1) is 12.6. The van der Waals surface area contributed by atoms with Crippen molar-refractivity contribution in [2.24, 2.45) is 5.41 Å². The maximum Gasteiger partial charge on any atom is 0.240 e. The Balaban J connectivity index is 1.43. The van der Waals surface area contributed by atoms with Crippen molar-refractivity contribution in [2.45, 2.75) is 63.8 Å². The third-order valence-corrected chi connectivity index (χ3v) is 6.31. The fourth-order valence-electron chi connectivity index (χ4n) is 4.93. The maximum atomic E-state index is 12.8. The van der Waals surface area contributed by atoms with Gasteiger partial charge in [0.15, 0.2) is 0 Å². The van der Waals surface area contributed by atoms with Crippen molar-refractivity contribution < 1.29 is 14.4 Å². The second-order valence-electron chi connectivity index (χ2n) is 8.01. The van der Waals surface area contributed by atoms with Gasteiger partial charge in [-0.05, 0) is 43.2 Å². The van der Waals surface area contributed by atoms with Gasteiger partial charge in [-0.2, -0.15) is 0 Å². The van der Waals surface area contributed by atoms with Gasteiger partial charge in [0.2, 0.25) is 17.7 Å². The standard InChI is InChI=1S/C21H26N2O3/c24-18(22-17-10-6-8-15-7-2-3-9-16(15)17)14-23-19(25)13-21(20(23)26)11-4-1-5-12-21/h2-3,7,9,17H,1,4-6,8,10-14H2,(H,22,24). The van der Waals surface area contributed by atoms with Crippen molar-refractivity contribution in [2.75, 3.05) is 6.54 Å². The smallest absolute Gasteiger partial charge is 0.240 e. The Hall–Kier alpha value is -2.17. The van der Waals surface area contributed by atoms with Gasteiger partial charge in [0, 0.05) is 6.42 Å². The summed E-state index contributed by atoms with van der Waals surface area (Å²) < 4.78 is 0. The lowest BCUT2D eigenvalue weighted by molar-refractivity contribution is -0.145. The van der Waals surface area contributed by atoms with Crippen LogP contribution in [0.4, 0.5) is 0 Å². The van der Waals surface area contributed by atoms with E-state index in [4.69, 9.17) is 0 Å². The third kappa shape index (κ3) is 3.04. The van der Waals surface area contributed by atoms with Crippen LogP contribution in [0.1, 0.15) is 68.5 Å². The molecule has 1 N–H and O–H groups in total. The van der Waals surface area contributed by atoms with Crippen LogP contribution in [0.5, 0.6) is 0 Å². The minimum Gasteiger partial charge on any atom is -0.348 e. The second-order valence-corrected chi connectivity index (χ2v) is 8.01. The van der Waals surface area contributed by atoms with Crippen LogP contribution in [0.25, 0.3) is 0 Å². The van der Waals surface area contributed by atoms with Crippen molar-refractivity contribution in [1.82, 2.24) is 10.2 Å². The largest absolute Gasteiger partial charge is 0.348 e. The molecule has 0 bridgehead atoms. The number of imide groups is 1. The molecule has 138 valence electrons. The van der Waals surface area contributed by atoms with Gasteiger partial charge in [-0.3, -0.25) is 19.3 Å². The van der Waals surface area contributed by atoms with Crippen LogP contribution < -0.4 is 5.32 Å². The predicted molar refractivity (Wildman–Crippen MR) is 97.1 cm³/mol. The zero-order valence-electron chi connectivity index (χ0n) is 15.1. The zero-order valence-corrected chi connectivity index (χ0v) is 15.1. The van der Waals surface area contributed by atoms with Gasteiger partial charge in [0.05, 0.1) is 11.5 Å². The minimum absolute atomic E-state index is 0.0242. The number of nitrogens with zero attached hydrogens (tertiary/aromatic N) is 1. The Morgan fingerprint density at radius 1 is 1.12 bits per heavy atom. The van der Waals surface area contributed by atoms with Crippen LogP contribution >= 0.6 is 0 Å². The van der Waals surface area contributed by atoms with Crippen LogP contribution in [0.2, 0.25) is 0 Å². The molecular formula is C21H26N2O3. The van der Waals surface area contributed by atoms with E-state index in [-0.39, 0.29) is 36.7 Å². The monoisotopic (exact) mass is 354 g/mol. The van der Waals surface area contributed by atoms with Crippen LogP contribution in [-0.2, 0) is 20.8 Å². The number of rotatable bonds is 3. The number of nitrogens with one attached hydrogen (secondary N) is 1. The molecule has 2 aliphatic carbocycles. The van der Waals surface area contributed by atoms with Gasteiger partial charge >= 0.3 is 0 Å². The van der Waals surface area contributed by atoms with E-state index in [0.717, 1.165) is 56.9 Å². The van der Waals surface area contributed by atoms with E-state index in [1.807, 2.05) is 12.1 Å². The first-order valence-electron chi connectivity index (χ1n) is 9.81. The van der Waals surface area contributed by atoms with Crippen molar-refractivity contribution in [3.63, 3.8) is 0 Å². The number of hydrogen-bond acceptors (Lipinski definition) is 3. The first kappa shape index (κ1) is 17.3. The molecule has 0 radical (unpaired) electrons. The van der Waals surface area contributed by atoms with E-state index < -0.39 is 5.41 Å². The van der Waals surface area contributed by atoms with Crippen molar-refractivity contribution >= 4 is 17.7 Å². The predicted octanol–water partition coefficient (Wildman–Crippen LogP) is 2.89. The van der Waals surface area contributed by atoms with E-state index in [2.05, 4.69) is 17.4 Å². The number of likely N-dealkylation sites (tertiary alicyclic amines) is 1. The molecule has 1 atom stereocenters. The molecule has 1 aromatic rings. The molecule has 1 aliphatic heterocycles. The molecule has 3 amide bonds. The zero-order chi connectivity index (χ0) is 18.1. The van der Waals surface area contributed by atoms with Crippen LogP contribution in [0.3, 0.4) is 0 Å². The van der Waals surface area contributed by atoms with Crippen LogP contribution in [0, 0.1) is 5.41 Å². The van der Waals surface area contributed by atoms with Gasteiger partial charge in [0.25, 0.3) is 0 Å². The Morgan fingerprint density at radius 2 is 1.88 bits per heavy atom. The average Bonchev–Trinajstić information content (AvgIpc) is 2.87. The Labute approximate surface area is 154 Å². The summed E-state index contributed by atoms with van der Waals surface area (Å²) in [7, 11) is 0. The minimum atomic E-state index is -0.521. The molecule has 1 aromatic carbocycles. The molecular weight excluding hydrogens is 328 g/mol. The van der Waals surface area contributed by atoms with Gasteiger partial charge in [0.1, 0.15) is 6.54 Å². The summed E-state index contributed by atoms with van der Waals surface area (Å²) in [6, 6.07) is 8.15. The van der Waals surface area contributed by atoms with Crippen LogP contribution in [-0.4, -0.2) is 29.2 Å². The first-order valence-corrected chi connectivity index (χ1v) is 9.81. The van der Waals surface area contributed by atoms with Crippen LogP contribution in [0.15, 0.2) is 24.3 Å². The number of aryl methyl sites for hydroxylation is 1. The summed E-state index contributed by atoms with van der Waals surface area (Å²) in [5, 5.41) is 3.05. The summed E-state index contributed by atoms with van der Waals surface area (Å²) in [5.41, 5.74) is 1.92. The van der Waals surface area contributed by atoms with Gasteiger partial charge in [-0.25, -0.2) is 0 Å². The Kier molecular flexibility index (Phi) is 4.55. The fourth-order valence-corrected chi connectivity index (χ4v) is 4.93. The highest BCUT2D eigenvalue weighted by atomic mass is 16.2. The second kappa shape index (κ2) is 6.86. The number of amides is 3. The molecule has 1 saturated heterocycles. The molecule has 1 heterocycles. The van der Waals surface area contributed by atoms with Gasteiger partial charge in [-0.1, -0.05) is 43.5 Å². The highest BCUT2D eigenvalue weighted by Crippen LogP contribution is 2.45. The number of carbonyl (C=O) groups excluding carboxylic acids is 3. The third-order valence-electron chi connectivity index (χ3n) is 6.31. The molecule has 3 aliphatic rings. The lowest BCUT2D eigenvalue weighted by Crippen LogP contribution is -2.44. The van der Waals surface area contributed by atoms with E-state index in [1.54, 1.807) is 0 Å². The van der Waals surface area contributed by atoms with Crippen molar-refractivity contribution in [1.29, 1.82) is 0 Å². The molecule has 1 spiro atoms. The summed E-state index contributed by atoms with van der Waals surface area (Å²) in [6.45, 7) is -0.141. The molecule has 5 heteroatoms. The summed E-state index contributed by atoms with van der Waals surface area (Å²) in [6.07, 6.45) is 7.94. The lowest BCUT2D eigenvalue weighted by atomic mass is 9.73.